The van der Waals surface area contributed by atoms with Crippen LogP contribution in [0.3, 0.4) is 0 Å². The van der Waals surface area contributed by atoms with Crippen molar-refractivity contribution in [3.05, 3.63) is 23.3 Å². The lowest BCUT2D eigenvalue weighted by molar-refractivity contribution is -0.168. The highest BCUT2D eigenvalue weighted by atomic mass is 16.7. The summed E-state index contributed by atoms with van der Waals surface area (Å²) in [5.41, 5.74) is 0.220. The van der Waals surface area contributed by atoms with E-state index in [1.54, 1.807) is 0 Å². The van der Waals surface area contributed by atoms with Crippen LogP contribution in [-0.2, 0) is 28.4 Å². The number of hydrogen-bond donors (Lipinski definition) is 0. The molecule has 6 nitrogen and oxygen atoms in total. The first-order valence-corrected chi connectivity index (χ1v) is 10.4. The third-order valence-corrected chi connectivity index (χ3v) is 7.20. The molecule has 1 aliphatic heterocycles. The van der Waals surface area contributed by atoms with Crippen molar-refractivity contribution >= 4 is 19.1 Å². The highest BCUT2D eigenvalue weighted by molar-refractivity contribution is 6.51. The minimum absolute atomic E-state index is 0.153. The molecule has 2 aliphatic carbocycles. The number of methoxy groups -OCH3 is 2. The molecule has 1 atom stereocenters. The van der Waals surface area contributed by atoms with Gasteiger partial charge in [-0.3, -0.25) is 9.59 Å². The number of allylic oxidation sites excluding steroid dienone is 3. The van der Waals surface area contributed by atoms with E-state index in [9.17, 15) is 9.59 Å². The Labute approximate surface area is 174 Å². The minimum atomic E-state index is -1.55. The quantitative estimate of drug-likeness (QED) is 0.402. The molecule has 1 heterocycles. The van der Waals surface area contributed by atoms with Crippen molar-refractivity contribution in [2.45, 2.75) is 83.2 Å². The maximum atomic E-state index is 13.1. The molecule has 1 unspecified atom stereocenters. The van der Waals surface area contributed by atoms with Gasteiger partial charge in [-0.15, -0.1) is 0 Å². The average Bonchev–Trinajstić information content (AvgIpc) is 3.11. The molecule has 3 rings (SSSR count). The molecule has 160 valence electrons. The van der Waals surface area contributed by atoms with Crippen LogP contribution in [0.4, 0.5) is 0 Å². The largest absolute Gasteiger partial charge is 0.468 e. The Balaban J connectivity index is 2.20. The van der Waals surface area contributed by atoms with Gasteiger partial charge < -0.3 is 18.8 Å². The third kappa shape index (κ3) is 3.36. The lowest BCUT2D eigenvalue weighted by atomic mass is 9.56. The first-order valence-electron chi connectivity index (χ1n) is 10.4. The van der Waals surface area contributed by atoms with Crippen LogP contribution in [0.2, 0.25) is 5.82 Å². The molecule has 0 N–H and O–H groups in total. The van der Waals surface area contributed by atoms with E-state index in [-0.39, 0.29) is 6.42 Å². The molecule has 0 amide bonds. The van der Waals surface area contributed by atoms with Gasteiger partial charge in [-0.2, -0.15) is 0 Å². The summed E-state index contributed by atoms with van der Waals surface area (Å²) in [5.74, 6) is -1.91. The highest BCUT2D eigenvalue weighted by Crippen LogP contribution is 2.60. The molecule has 1 saturated heterocycles. The molecular formula is C22H33BO6. The van der Waals surface area contributed by atoms with Crippen LogP contribution in [0.5, 0.6) is 0 Å². The number of hydrogen-bond acceptors (Lipinski definition) is 6. The summed E-state index contributed by atoms with van der Waals surface area (Å²) in [6.45, 7) is 12.1. The zero-order chi connectivity index (χ0) is 21.6. The molecule has 0 radical (unpaired) electrons. The fourth-order valence-electron chi connectivity index (χ4n) is 4.96. The fourth-order valence-corrected chi connectivity index (χ4v) is 4.96. The summed E-state index contributed by atoms with van der Waals surface area (Å²) in [5, 5.41) is 0. The first kappa shape index (κ1) is 22.1. The fraction of sp³-hybridized carbons (Fsp3) is 0.727. The normalized spacial score (nSPS) is 27.9. The predicted molar refractivity (Wildman–Crippen MR) is 110 cm³/mol. The summed E-state index contributed by atoms with van der Waals surface area (Å²) in [7, 11) is 1.81. The van der Waals surface area contributed by atoms with Crippen molar-refractivity contribution in [2.75, 3.05) is 14.2 Å². The highest BCUT2D eigenvalue weighted by Gasteiger charge is 2.69. The summed E-state index contributed by atoms with van der Waals surface area (Å²) in [4.78, 5) is 26.2. The maximum Gasteiger partial charge on any atom is 0.467 e. The van der Waals surface area contributed by atoms with Crippen LogP contribution in [0, 0.1) is 5.41 Å². The number of esters is 2. The molecule has 0 aromatic heterocycles. The zero-order valence-electron chi connectivity index (χ0n) is 18.6. The summed E-state index contributed by atoms with van der Waals surface area (Å²) in [6, 6.07) is 0. The van der Waals surface area contributed by atoms with E-state index in [4.69, 9.17) is 18.8 Å². The van der Waals surface area contributed by atoms with Crippen molar-refractivity contribution in [2.24, 2.45) is 5.41 Å². The second kappa shape index (κ2) is 7.58. The molecule has 0 bridgehead atoms. The zero-order valence-corrected chi connectivity index (χ0v) is 18.6. The van der Waals surface area contributed by atoms with E-state index < -0.39 is 41.5 Å². The Hall–Kier alpha value is -1.60. The molecule has 29 heavy (non-hydrogen) atoms. The van der Waals surface area contributed by atoms with Crippen LogP contribution < -0.4 is 0 Å². The molecule has 0 aromatic carbocycles. The summed E-state index contributed by atoms with van der Waals surface area (Å²) >= 11 is 0. The number of carbonyl (C=O) groups excluding carboxylic acids is 2. The van der Waals surface area contributed by atoms with Gasteiger partial charge >= 0.3 is 19.1 Å². The van der Waals surface area contributed by atoms with Crippen LogP contribution in [0.15, 0.2) is 23.3 Å². The number of carbonyl (C=O) groups is 2. The van der Waals surface area contributed by atoms with E-state index in [1.165, 1.54) is 26.2 Å². The molecular weight excluding hydrogens is 371 g/mol. The van der Waals surface area contributed by atoms with Crippen LogP contribution in [0.1, 0.15) is 66.2 Å². The maximum absolute atomic E-state index is 13.1. The Morgan fingerprint density at radius 1 is 0.966 bits per heavy atom. The van der Waals surface area contributed by atoms with Gasteiger partial charge in [0.1, 0.15) is 0 Å². The van der Waals surface area contributed by atoms with Gasteiger partial charge in [0.05, 0.1) is 25.4 Å². The topological polar surface area (TPSA) is 71.1 Å². The van der Waals surface area contributed by atoms with Crippen LogP contribution in [0.25, 0.3) is 0 Å². The second-order valence-electron chi connectivity index (χ2n) is 9.42. The van der Waals surface area contributed by atoms with Crippen molar-refractivity contribution in [1.82, 2.24) is 0 Å². The van der Waals surface area contributed by atoms with Crippen LogP contribution in [-0.4, -0.2) is 44.5 Å². The Bertz CT molecular complexity index is 710. The van der Waals surface area contributed by atoms with Gasteiger partial charge in [0, 0.05) is 5.82 Å². The summed E-state index contributed by atoms with van der Waals surface area (Å²) < 4.78 is 22.9. The van der Waals surface area contributed by atoms with E-state index in [0.717, 1.165) is 36.8 Å². The molecule has 0 spiro atoms. The Kier molecular flexibility index (Phi) is 5.78. The molecule has 3 fully saturated rings. The average molecular weight is 404 g/mol. The number of ether oxygens (including phenoxy) is 2. The van der Waals surface area contributed by atoms with E-state index in [2.05, 4.69) is 6.58 Å². The van der Waals surface area contributed by atoms with Gasteiger partial charge in [0.25, 0.3) is 0 Å². The SMILES string of the molecule is C=C1CC(C(=O)OC)(C(=O)OC)C(B2OC(C)(C)C(C)(C)O2)C1=C1CCCCC1. The van der Waals surface area contributed by atoms with Crippen molar-refractivity contribution in [3.8, 4) is 0 Å². The van der Waals surface area contributed by atoms with Gasteiger partial charge in [-0.1, -0.05) is 24.1 Å². The van der Waals surface area contributed by atoms with Gasteiger partial charge in [0.2, 0.25) is 0 Å². The third-order valence-electron chi connectivity index (χ3n) is 7.20. The van der Waals surface area contributed by atoms with Crippen molar-refractivity contribution in [3.63, 3.8) is 0 Å². The van der Waals surface area contributed by atoms with E-state index in [1.807, 2.05) is 27.7 Å². The second-order valence-corrected chi connectivity index (χ2v) is 9.42. The first-order chi connectivity index (χ1) is 13.5. The predicted octanol–water partition coefficient (Wildman–Crippen LogP) is 4.00. The minimum Gasteiger partial charge on any atom is -0.468 e. The van der Waals surface area contributed by atoms with Crippen LogP contribution >= 0.6 is 0 Å². The molecule has 0 aromatic rings. The van der Waals surface area contributed by atoms with Crippen molar-refractivity contribution < 1.29 is 28.4 Å². The Morgan fingerprint density at radius 2 is 1.45 bits per heavy atom. The molecule has 2 saturated carbocycles. The lowest BCUT2D eigenvalue weighted by Gasteiger charge is -2.32. The van der Waals surface area contributed by atoms with E-state index in [0.29, 0.717) is 0 Å². The van der Waals surface area contributed by atoms with Gasteiger partial charge in [-0.25, -0.2) is 0 Å². The monoisotopic (exact) mass is 404 g/mol. The van der Waals surface area contributed by atoms with E-state index >= 15 is 0 Å². The van der Waals surface area contributed by atoms with Gasteiger partial charge in [-0.05, 0) is 65.4 Å². The lowest BCUT2D eigenvalue weighted by Crippen LogP contribution is -2.48. The standard InChI is InChI=1S/C22H33BO6/c1-14-13-22(18(24)26-6,19(25)27-7)17(16(14)15-11-9-8-10-12-15)23-28-20(2,3)21(4,5)29-23/h17H,1,8-13H2,2-7H3. The Morgan fingerprint density at radius 3 is 1.90 bits per heavy atom. The van der Waals surface area contributed by atoms with Crippen molar-refractivity contribution in [1.29, 1.82) is 0 Å². The molecule has 3 aliphatic rings. The smallest absolute Gasteiger partial charge is 0.467 e. The number of rotatable bonds is 3. The summed E-state index contributed by atoms with van der Waals surface area (Å²) in [6.07, 6.45) is 5.38. The van der Waals surface area contributed by atoms with Gasteiger partial charge in [0.15, 0.2) is 5.41 Å². The molecule has 7 heteroatoms.